The quantitative estimate of drug-likeness (QED) is 0.596. The van der Waals surface area contributed by atoms with Gasteiger partial charge in [-0.3, -0.25) is 13.9 Å². The van der Waals surface area contributed by atoms with Crippen molar-refractivity contribution in [3.63, 3.8) is 0 Å². The first-order valence-corrected chi connectivity index (χ1v) is 10.9. The van der Waals surface area contributed by atoms with Crippen LogP contribution in [-0.2, 0) is 14.8 Å². The van der Waals surface area contributed by atoms with Gasteiger partial charge in [0.25, 0.3) is 0 Å². The lowest BCUT2D eigenvalue weighted by Crippen LogP contribution is -2.41. The maximum atomic E-state index is 12.3. The Hall–Kier alpha value is -1.89. The van der Waals surface area contributed by atoms with Crippen LogP contribution in [0.4, 0.5) is 5.69 Å². The summed E-state index contributed by atoms with van der Waals surface area (Å²) in [6.45, 7) is 5.87. The minimum Gasteiger partial charge on any atom is -0.354 e. The van der Waals surface area contributed by atoms with Crippen molar-refractivity contribution in [3.05, 3.63) is 29.8 Å². The van der Waals surface area contributed by atoms with Crippen LogP contribution in [0.1, 0.15) is 56.8 Å². The van der Waals surface area contributed by atoms with Crippen molar-refractivity contribution in [1.29, 1.82) is 0 Å². The van der Waals surface area contributed by atoms with Gasteiger partial charge in [0.05, 0.1) is 11.9 Å². The molecule has 146 valence electrons. The number of nitrogens with one attached hydrogen (secondary N) is 1. The maximum Gasteiger partial charge on any atom is 0.240 e. The molecule has 0 saturated heterocycles. The molecule has 0 saturated carbocycles. The highest BCUT2D eigenvalue weighted by Crippen LogP contribution is 2.19. The second-order valence-electron chi connectivity index (χ2n) is 6.60. The highest BCUT2D eigenvalue weighted by Gasteiger charge is 2.21. The van der Waals surface area contributed by atoms with Crippen molar-refractivity contribution in [2.75, 3.05) is 23.7 Å². The lowest BCUT2D eigenvalue weighted by molar-refractivity contribution is -0.119. The predicted molar refractivity (Wildman–Crippen MR) is 105 cm³/mol. The molecule has 0 aliphatic carbocycles. The number of benzene rings is 1. The van der Waals surface area contributed by atoms with Gasteiger partial charge in [0, 0.05) is 12.1 Å². The van der Waals surface area contributed by atoms with Gasteiger partial charge >= 0.3 is 0 Å². The van der Waals surface area contributed by atoms with Crippen molar-refractivity contribution in [3.8, 4) is 0 Å². The smallest absolute Gasteiger partial charge is 0.240 e. The standard InChI is InChI=1S/C19H30N2O4S/c1-5-7-9-16(6-2)13-20-19(23)14-21(26(4,24)25)18-11-8-10-17(12-18)15(3)22/h8,10-12,16H,5-7,9,13-14H2,1-4H3,(H,20,23). The number of hydrogen-bond acceptors (Lipinski definition) is 4. The normalized spacial score (nSPS) is 12.5. The van der Waals surface area contributed by atoms with Crippen LogP contribution in [0, 0.1) is 5.92 Å². The van der Waals surface area contributed by atoms with Crippen LogP contribution in [0.3, 0.4) is 0 Å². The molecule has 6 nitrogen and oxygen atoms in total. The molecule has 1 N–H and O–H groups in total. The van der Waals surface area contributed by atoms with Crippen molar-refractivity contribution in [2.24, 2.45) is 5.92 Å². The van der Waals surface area contributed by atoms with E-state index in [2.05, 4.69) is 19.2 Å². The molecule has 0 aliphatic rings. The van der Waals surface area contributed by atoms with Gasteiger partial charge in [0.15, 0.2) is 5.78 Å². The maximum absolute atomic E-state index is 12.3. The first-order valence-electron chi connectivity index (χ1n) is 9.04. The Morgan fingerprint density at radius 3 is 2.46 bits per heavy atom. The van der Waals surface area contributed by atoms with E-state index in [1.165, 1.54) is 13.0 Å². The predicted octanol–water partition coefficient (Wildman–Crippen LogP) is 2.99. The Labute approximate surface area is 157 Å². The summed E-state index contributed by atoms with van der Waals surface area (Å²) in [5.74, 6) is -0.114. The average molecular weight is 383 g/mol. The fourth-order valence-electron chi connectivity index (χ4n) is 2.67. The molecule has 0 spiro atoms. The van der Waals surface area contributed by atoms with Gasteiger partial charge < -0.3 is 5.32 Å². The van der Waals surface area contributed by atoms with E-state index in [9.17, 15) is 18.0 Å². The third-order valence-corrected chi connectivity index (χ3v) is 5.50. The first-order chi connectivity index (χ1) is 12.2. The summed E-state index contributed by atoms with van der Waals surface area (Å²) in [6.07, 6.45) is 5.29. The number of unbranched alkanes of at least 4 members (excludes halogenated alkanes) is 1. The van der Waals surface area contributed by atoms with E-state index in [-0.39, 0.29) is 18.2 Å². The Morgan fingerprint density at radius 1 is 1.23 bits per heavy atom. The number of carbonyl (C=O) groups excluding carboxylic acids is 2. The number of sulfonamides is 1. The van der Waals surface area contributed by atoms with E-state index in [4.69, 9.17) is 0 Å². The first kappa shape index (κ1) is 22.2. The highest BCUT2D eigenvalue weighted by atomic mass is 32.2. The molecule has 1 atom stereocenters. The van der Waals surface area contributed by atoms with Gasteiger partial charge in [-0.15, -0.1) is 0 Å². The van der Waals surface area contributed by atoms with Crippen LogP contribution in [-0.4, -0.2) is 39.5 Å². The number of Topliss-reactive ketones (excluding diaryl/α,β-unsaturated/α-hetero) is 1. The Balaban J connectivity index is 2.84. The van der Waals surface area contributed by atoms with E-state index in [0.29, 0.717) is 23.7 Å². The lowest BCUT2D eigenvalue weighted by Gasteiger charge is -2.23. The average Bonchev–Trinajstić information content (AvgIpc) is 2.59. The van der Waals surface area contributed by atoms with Gasteiger partial charge in [-0.25, -0.2) is 8.42 Å². The number of anilines is 1. The van der Waals surface area contributed by atoms with Gasteiger partial charge in [-0.1, -0.05) is 45.2 Å². The van der Waals surface area contributed by atoms with Crippen molar-refractivity contribution >= 4 is 27.4 Å². The number of amides is 1. The summed E-state index contributed by atoms with van der Waals surface area (Å²) >= 11 is 0. The van der Waals surface area contributed by atoms with Crippen LogP contribution in [0.15, 0.2) is 24.3 Å². The second kappa shape index (κ2) is 10.3. The molecule has 1 aromatic carbocycles. The summed E-state index contributed by atoms with van der Waals surface area (Å²) in [7, 11) is -3.65. The number of rotatable bonds is 11. The zero-order valence-electron chi connectivity index (χ0n) is 16.1. The van der Waals surface area contributed by atoms with E-state index < -0.39 is 10.0 Å². The minimum absolute atomic E-state index is 0.161. The monoisotopic (exact) mass is 382 g/mol. The Bertz CT molecular complexity index is 716. The summed E-state index contributed by atoms with van der Waals surface area (Å²) in [4.78, 5) is 23.8. The summed E-state index contributed by atoms with van der Waals surface area (Å²) < 4.78 is 25.3. The molecular formula is C19H30N2O4S. The van der Waals surface area contributed by atoms with Crippen LogP contribution in [0.2, 0.25) is 0 Å². The Morgan fingerprint density at radius 2 is 1.92 bits per heavy atom. The zero-order valence-corrected chi connectivity index (χ0v) is 16.9. The molecule has 1 unspecified atom stereocenters. The molecule has 1 amide bonds. The summed E-state index contributed by atoms with van der Waals surface area (Å²) in [5, 5.41) is 2.84. The number of hydrogen-bond donors (Lipinski definition) is 1. The van der Waals surface area contributed by atoms with E-state index >= 15 is 0 Å². The van der Waals surface area contributed by atoms with Gasteiger partial charge in [-0.05, 0) is 31.4 Å². The molecule has 0 bridgehead atoms. The molecule has 26 heavy (non-hydrogen) atoms. The van der Waals surface area contributed by atoms with Crippen LogP contribution < -0.4 is 9.62 Å². The highest BCUT2D eigenvalue weighted by molar-refractivity contribution is 7.92. The largest absolute Gasteiger partial charge is 0.354 e. The van der Waals surface area contributed by atoms with Gasteiger partial charge in [0.1, 0.15) is 6.54 Å². The second-order valence-corrected chi connectivity index (χ2v) is 8.50. The molecule has 7 heteroatoms. The van der Waals surface area contributed by atoms with Gasteiger partial charge in [0.2, 0.25) is 15.9 Å². The molecule has 0 radical (unpaired) electrons. The Kier molecular flexibility index (Phi) is 8.78. The topological polar surface area (TPSA) is 83.6 Å². The third kappa shape index (κ3) is 7.15. The fraction of sp³-hybridized carbons (Fsp3) is 0.579. The molecule has 0 heterocycles. The summed E-state index contributed by atoms with van der Waals surface area (Å²) in [5.41, 5.74) is 0.718. The number of carbonyl (C=O) groups is 2. The van der Waals surface area contributed by atoms with Crippen LogP contribution >= 0.6 is 0 Å². The van der Waals surface area contributed by atoms with E-state index in [1.807, 2.05) is 0 Å². The molecule has 1 aromatic rings. The van der Waals surface area contributed by atoms with Crippen LogP contribution in [0.25, 0.3) is 0 Å². The van der Waals surface area contributed by atoms with E-state index in [1.54, 1.807) is 18.2 Å². The third-order valence-electron chi connectivity index (χ3n) is 4.36. The van der Waals surface area contributed by atoms with Crippen molar-refractivity contribution < 1.29 is 18.0 Å². The molecular weight excluding hydrogens is 352 g/mol. The minimum atomic E-state index is -3.65. The molecule has 0 aromatic heterocycles. The number of ketones is 1. The van der Waals surface area contributed by atoms with Gasteiger partial charge in [-0.2, -0.15) is 0 Å². The van der Waals surface area contributed by atoms with Crippen LogP contribution in [0.5, 0.6) is 0 Å². The SMILES string of the molecule is CCCCC(CC)CNC(=O)CN(c1cccc(C(C)=O)c1)S(C)(=O)=O. The fourth-order valence-corrected chi connectivity index (χ4v) is 3.52. The number of nitrogens with zero attached hydrogens (tertiary/aromatic N) is 1. The molecule has 1 rings (SSSR count). The lowest BCUT2D eigenvalue weighted by atomic mass is 9.99. The van der Waals surface area contributed by atoms with E-state index in [0.717, 1.165) is 36.2 Å². The molecule has 0 aliphatic heterocycles. The zero-order chi connectivity index (χ0) is 19.7. The van der Waals surface area contributed by atoms with Crippen molar-refractivity contribution in [2.45, 2.75) is 46.5 Å². The summed E-state index contributed by atoms with van der Waals surface area (Å²) in [6, 6.07) is 6.30. The van der Waals surface area contributed by atoms with Crippen molar-refractivity contribution in [1.82, 2.24) is 5.32 Å². The molecule has 0 fully saturated rings.